The first kappa shape index (κ1) is 12.7. The summed E-state index contributed by atoms with van der Waals surface area (Å²) >= 11 is 0. The Kier molecular flexibility index (Phi) is 3.43. The van der Waals surface area contributed by atoms with E-state index in [9.17, 15) is 8.78 Å². The van der Waals surface area contributed by atoms with E-state index in [1.807, 2.05) is 18.5 Å². The molecule has 18 heavy (non-hydrogen) atoms. The van der Waals surface area contributed by atoms with Crippen LogP contribution in [0.2, 0.25) is 0 Å². The zero-order chi connectivity index (χ0) is 13.3. The molecule has 0 bridgehead atoms. The van der Waals surface area contributed by atoms with Crippen LogP contribution in [0.5, 0.6) is 0 Å². The summed E-state index contributed by atoms with van der Waals surface area (Å²) in [5.41, 5.74) is 1.80. The molecule has 1 aromatic heterocycles. The van der Waals surface area contributed by atoms with Crippen LogP contribution in [0.3, 0.4) is 0 Å². The smallest absolute Gasteiger partial charge is 0.135 e. The van der Waals surface area contributed by atoms with Crippen LogP contribution < -0.4 is 5.32 Å². The predicted octanol–water partition coefficient (Wildman–Crippen LogP) is 2.39. The van der Waals surface area contributed by atoms with Crippen LogP contribution in [0.4, 0.5) is 8.78 Å². The Labute approximate surface area is 104 Å². The van der Waals surface area contributed by atoms with Gasteiger partial charge in [0.15, 0.2) is 0 Å². The molecule has 0 aliphatic rings. The molecule has 0 saturated heterocycles. The van der Waals surface area contributed by atoms with Gasteiger partial charge in [-0.25, -0.2) is 13.8 Å². The van der Waals surface area contributed by atoms with Gasteiger partial charge in [0, 0.05) is 25.2 Å². The number of nitrogens with one attached hydrogen (secondary N) is 1. The molecule has 0 aliphatic heterocycles. The highest BCUT2D eigenvalue weighted by atomic mass is 19.1. The number of hydrogen-bond donors (Lipinski definition) is 1. The normalized spacial score (nSPS) is 10.9. The molecule has 1 heterocycles. The van der Waals surface area contributed by atoms with Crippen molar-refractivity contribution in [3.05, 3.63) is 41.4 Å². The Balaban J connectivity index is 2.62. The van der Waals surface area contributed by atoms with Crippen LogP contribution in [-0.4, -0.2) is 16.6 Å². The third-order valence-electron chi connectivity index (χ3n) is 2.92. The van der Waals surface area contributed by atoms with Gasteiger partial charge in [0.05, 0.1) is 11.4 Å². The third-order valence-corrected chi connectivity index (χ3v) is 2.92. The lowest BCUT2D eigenvalue weighted by Crippen LogP contribution is -2.07. The van der Waals surface area contributed by atoms with Crippen molar-refractivity contribution in [1.82, 2.24) is 14.9 Å². The van der Waals surface area contributed by atoms with Crippen LogP contribution in [0.15, 0.2) is 18.2 Å². The fraction of sp³-hybridized carbons (Fsp3) is 0.308. The zero-order valence-electron chi connectivity index (χ0n) is 10.6. The van der Waals surface area contributed by atoms with E-state index >= 15 is 0 Å². The van der Waals surface area contributed by atoms with Crippen LogP contribution in [-0.2, 0) is 13.6 Å². The summed E-state index contributed by atoms with van der Waals surface area (Å²) in [4.78, 5) is 4.38. The Morgan fingerprint density at radius 3 is 2.67 bits per heavy atom. The molecule has 1 N–H and O–H groups in total. The molecule has 0 saturated carbocycles. The van der Waals surface area contributed by atoms with Crippen LogP contribution in [0.1, 0.15) is 11.5 Å². The summed E-state index contributed by atoms with van der Waals surface area (Å²) in [6.07, 6.45) is 0. The molecule has 2 rings (SSSR count). The topological polar surface area (TPSA) is 29.9 Å². The first-order valence-corrected chi connectivity index (χ1v) is 5.66. The van der Waals surface area contributed by atoms with E-state index in [0.717, 1.165) is 17.6 Å². The number of aromatic nitrogens is 2. The Bertz CT molecular complexity index is 576. The summed E-state index contributed by atoms with van der Waals surface area (Å²) in [5.74, 6) is -0.361. The molecule has 3 nitrogen and oxygen atoms in total. The van der Waals surface area contributed by atoms with E-state index in [1.165, 1.54) is 12.1 Å². The number of aryl methyl sites for hydroxylation is 1. The van der Waals surface area contributed by atoms with Gasteiger partial charge >= 0.3 is 0 Å². The van der Waals surface area contributed by atoms with E-state index in [1.54, 1.807) is 7.05 Å². The number of rotatable bonds is 3. The molecule has 0 radical (unpaired) electrons. The Hall–Kier alpha value is -1.75. The van der Waals surface area contributed by atoms with E-state index in [4.69, 9.17) is 0 Å². The van der Waals surface area contributed by atoms with Gasteiger partial charge in [-0.3, -0.25) is 0 Å². The van der Waals surface area contributed by atoms with Crippen LogP contribution >= 0.6 is 0 Å². The zero-order valence-corrected chi connectivity index (χ0v) is 10.6. The molecule has 0 aliphatic carbocycles. The first-order chi connectivity index (χ1) is 8.54. The summed E-state index contributed by atoms with van der Waals surface area (Å²) in [7, 11) is 3.62. The van der Waals surface area contributed by atoms with Gasteiger partial charge in [-0.05, 0) is 26.1 Å². The Morgan fingerprint density at radius 2 is 2.06 bits per heavy atom. The average Bonchev–Trinajstić information content (AvgIpc) is 2.57. The molecule has 0 atom stereocenters. The molecule has 0 unspecified atom stereocenters. The van der Waals surface area contributed by atoms with Gasteiger partial charge in [0.1, 0.15) is 17.5 Å². The summed E-state index contributed by atoms with van der Waals surface area (Å²) in [5, 5.41) is 2.99. The number of benzene rings is 1. The second kappa shape index (κ2) is 4.86. The van der Waals surface area contributed by atoms with Gasteiger partial charge in [0.25, 0.3) is 0 Å². The van der Waals surface area contributed by atoms with E-state index in [0.29, 0.717) is 17.8 Å². The van der Waals surface area contributed by atoms with Gasteiger partial charge in [-0.2, -0.15) is 0 Å². The molecule has 5 heteroatoms. The van der Waals surface area contributed by atoms with Gasteiger partial charge in [-0.1, -0.05) is 0 Å². The van der Waals surface area contributed by atoms with Gasteiger partial charge < -0.3 is 9.88 Å². The highest BCUT2D eigenvalue weighted by molar-refractivity contribution is 5.63. The largest absolute Gasteiger partial charge is 0.331 e. The molecule has 2 aromatic rings. The second-order valence-corrected chi connectivity index (χ2v) is 4.17. The maximum absolute atomic E-state index is 13.8. The molecule has 0 amide bonds. The molecular weight excluding hydrogens is 236 g/mol. The minimum Gasteiger partial charge on any atom is -0.331 e. The van der Waals surface area contributed by atoms with Crippen molar-refractivity contribution in [2.24, 2.45) is 7.05 Å². The molecule has 0 spiro atoms. The van der Waals surface area contributed by atoms with Gasteiger partial charge in [0.2, 0.25) is 0 Å². The van der Waals surface area contributed by atoms with Crippen molar-refractivity contribution in [3.63, 3.8) is 0 Å². The first-order valence-electron chi connectivity index (χ1n) is 5.66. The minimum absolute atomic E-state index is 0.366. The average molecular weight is 251 g/mol. The van der Waals surface area contributed by atoms with E-state index < -0.39 is 11.6 Å². The lowest BCUT2D eigenvalue weighted by Gasteiger charge is -2.08. The van der Waals surface area contributed by atoms with Crippen LogP contribution in [0, 0.1) is 18.6 Å². The predicted molar refractivity (Wildman–Crippen MR) is 66.1 cm³/mol. The molecular formula is C13H15F2N3. The maximum atomic E-state index is 13.8. The number of halogens is 2. The van der Waals surface area contributed by atoms with Crippen LogP contribution in [0.25, 0.3) is 11.3 Å². The highest BCUT2D eigenvalue weighted by Gasteiger charge is 2.17. The summed E-state index contributed by atoms with van der Waals surface area (Å²) in [6, 6.07) is 3.59. The fourth-order valence-electron chi connectivity index (χ4n) is 1.99. The third kappa shape index (κ3) is 2.13. The highest BCUT2D eigenvalue weighted by Crippen LogP contribution is 2.27. The summed E-state index contributed by atoms with van der Waals surface area (Å²) < 4.78 is 28.6. The molecule has 0 fully saturated rings. The van der Waals surface area contributed by atoms with Crippen molar-refractivity contribution in [2.45, 2.75) is 13.5 Å². The lowest BCUT2D eigenvalue weighted by molar-refractivity contribution is 0.584. The number of nitrogens with zero attached hydrogens (tertiary/aromatic N) is 2. The SMILES string of the molecule is CNCc1nc(C)n(C)c1-c1ccc(F)cc1F. The van der Waals surface area contributed by atoms with Crippen molar-refractivity contribution in [2.75, 3.05) is 7.05 Å². The molecule has 1 aromatic carbocycles. The molecule has 96 valence electrons. The minimum atomic E-state index is -0.578. The number of imidazole rings is 1. The van der Waals surface area contributed by atoms with Crippen molar-refractivity contribution in [3.8, 4) is 11.3 Å². The maximum Gasteiger partial charge on any atom is 0.135 e. The monoisotopic (exact) mass is 251 g/mol. The summed E-state index contributed by atoms with van der Waals surface area (Å²) in [6.45, 7) is 2.39. The quantitative estimate of drug-likeness (QED) is 0.907. The van der Waals surface area contributed by atoms with Gasteiger partial charge in [-0.15, -0.1) is 0 Å². The van der Waals surface area contributed by atoms with E-state index in [2.05, 4.69) is 10.3 Å². The van der Waals surface area contributed by atoms with Crippen molar-refractivity contribution < 1.29 is 8.78 Å². The van der Waals surface area contributed by atoms with E-state index in [-0.39, 0.29) is 0 Å². The Morgan fingerprint density at radius 1 is 1.33 bits per heavy atom. The second-order valence-electron chi connectivity index (χ2n) is 4.17. The van der Waals surface area contributed by atoms with Crippen molar-refractivity contribution in [1.29, 1.82) is 0 Å². The standard InChI is InChI=1S/C13H15F2N3/c1-8-17-12(7-16-2)13(18(8)3)10-5-4-9(14)6-11(10)15/h4-6,16H,7H2,1-3H3. The number of hydrogen-bond acceptors (Lipinski definition) is 2. The lowest BCUT2D eigenvalue weighted by atomic mass is 10.1. The van der Waals surface area contributed by atoms with Crippen molar-refractivity contribution >= 4 is 0 Å². The fourth-order valence-corrected chi connectivity index (χ4v) is 1.99.